The van der Waals surface area contributed by atoms with Crippen LogP contribution in [0, 0.1) is 0 Å². The molecule has 0 aliphatic heterocycles. The van der Waals surface area contributed by atoms with Gasteiger partial charge in [0.2, 0.25) is 0 Å². The van der Waals surface area contributed by atoms with Crippen LogP contribution in [-0.2, 0) is 11.3 Å². The molecule has 0 unspecified atom stereocenters. The molecule has 2 N–H and O–H groups in total. The fourth-order valence-electron chi connectivity index (χ4n) is 1.54. The first-order chi connectivity index (χ1) is 6.92. The second-order valence-corrected chi connectivity index (χ2v) is 3.11. The Bertz CT molecular complexity index is 423. The molecule has 0 saturated heterocycles. The minimum atomic E-state index is 0.523. The molecule has 0 atom stereocenters. The molecule has 0 radical (unpaired) electrons. The normalized spacial score (nSPS) is 10.6. The van der Waals surface area contributed by atoms with Crippen molar-refractivity contribution in [3.63, 3.8) is 0 Å². The molecule has 0 aliphatic rings. The van der Waals surface area contributed by atoms with Crippen LogP contribution < -0.4 is 5.90 Å². The lowest BCUT2D eigenvalue weighted by molar-refractivity contribution is 0.141. The van der Waals surface area contributed by atoms with E-state index in [4.69, 9.17) is 5.90 Å². The summed E-state index contributed by atoms with van der Waals surface area (Å²) in [7, 11) is 0. The summed E-state index contributed by atoms with van der Waals surface area (Å²) >= 11 is 0. The van der Waals surface area contributed by atoms with Crippen molar-refractivity contribution in [2.75, 3.05) is 6.61 Å². The van der Waals surface area contributed by atoms with Crippen LogP contribution in [0.4, 0.5) is 0 Å². The Hall–Kier alpha value is -1.45. The molecule has 3 heteroatoms. The fourth-order valence-corrected chi connectivity index (χ4v) is 1.54. The quantitative estimate of drug-likeness (QED) is 0.745. The second-order valence-electron chi connectivity index (χ2n) is 3.11. The van der Waals surface area contributed by atoms with Crippen molar-refractivity contribution >= 4 is 10.9 Å². The highest BCUT2D eigenvalue weighted by Gasteiger charge is 2.00. The zero-order valence-corrected chi connectivity index (χ0v) is 7.81. The molecule has 14 heavy (non-hydrogen) atoms. The summed E-state index contributed by atoms with van der Waals surface area (Å²) in [6.45, 7) is 0.523. The molecule has 1 aromatic heterocycles. The molecule has 0 bridgehead atoms. The Kier molecular flexibility index (Phi) is 2.72. The lowest BCUT2D eigenvalue weighted by Gasteiger charge is -2.03. The van der Waals surface area contributed by atoms with E-state index in [0.717, 1.165) is 17.3 Å². The van der Waals surface area contributed by atoms with E-state index in [1.54, 1.807) is 6.20 Å². The van der Waals surface area contributed by atoms with Crippen LogP contribution in [0.1, 0.15) is 5.56 Å². The van der Waals surface area contributed by atoms with Crippen molar-refractivity contribution in [2.45, 2.75) is 6.42 Å². The number of hydrogen-bond donors (Lipinski definition) is 1. The van der Waals surface area contributed by atoms with Gasteiger partial charge in [-0.05, 0) is 18.1 Å². The molecule has 1 heterocycles. The molecule has 2 aromatic rings. The molecular weight excluding hydrogens is 176 g/mol. The number of nitrogens with zero attached hydrogens (tertiary/aromatic N) is 1. The lowest BCUT2D eigenvalue weighted by atomic mass is 10.1. The van der Waals surface area contributed by atoms with Gasteiger partial charge in [0, 0.05) is 11.6 Å². The third-order valence-electron chi connectivity index (χ3n) is 2.21. The molecule has 0 amide bonds. The monoisotopic (exact) mass is 188 g/mol. The first-order valence-electron chi connectivity index (χ1n) is 4.56. The number of para-hydroxylation sites is 1. The van der Waals surface area contributed by atoms with E-state index in [1.807, 2.05) is 18.2 Å². The molecule has 0 fully saturated rings. The van der Waals surface area contributed by atoms with Crippen molar-refractivity contribution in [1.29, 1.82) is 0 Å². The molecule has 1 aromatic carbocycles. The van der Waals surface area contributed by atoms with Gasteiger partial charge in [0.1, 0.15) is 0 Å². The maximum absolute atomic E-state index is 5.00. The summed E-state index contributed by atoms with van der Waals surface area (Å²) in [5.41, 5.74) is 2.21. The van der Waals surface area contributed by atoms with Crippen molar-refractivity contribution < 1.29 is 4.84 Å². The molecule has 0 spiro atoms. The molecule has 2 rings (SSSR count). The Morgan fingerprint density at radius 2 is 2.07 bits per heavy atom. The Morgan fingerprint density at radius 3 is 2.93 bits per heavy atom. The number of nitrogens with two attached hydrogens (primary N) is 1. The molecule has 3 nitrogen and oxygen atoms in total. The van der Waals surface area contributed by atoms with E-state index >= 15 is 0 Å². The summed E-state index contributed by atoms with van der Waals surface area (Å²) < 4.78 is 0. The Labute approximate surface area is 82.5 Å². The molecule has 0 aliphatic carbocycles. The number of aromatic nitrogens is 1. The Balaban J connectivity index is 2.43. The first kappa shape index (κ1) is 9.12. The predicted molar refractivity (Wildman–Crippen MR) is 55.6 cm³/mol. The van der Waals surface area contributed by atoms with Crippen LogP contribution in [0.25, 0.3) is 10.9 Å². The van der Waals surface area contributed by atoms with Gasteiger partial charge in [-0.3, -0.25) is 4.98 Å². The standard InChI is InChI=1S/C11H12N2O/c12-14-8-6-10-4-1-3-9-5-2-7-13-11(9)10/h1-5,7H,6,8,12H2. The summed E-state index contributed by atoms with van der Waals surface area (Å²) in [5, 5.41) is 1.15. The van der Waals surface area contributed by atoms with E-state index in [9.17, 15) is 0 Å². The van der Waals surface area contributed by atoms with Crippen LogP contribution in [0.2, 0.25) is 0 Å². The van der Waals surface area contributed by atoms with Gasteiger partial charge in [0.25, 0.3) is 0 Å². The summed E-state index contributed by atoms with van der Waals surface area (Å²) in [4.78, 5) is 8.90. The predicted octanol–water partition coefficient (Wildman–Crippen LogP) is 1.67. The van der Waals surface area contributed by atoms with E-state index in [1.165, 1.54) is 5.56 Å². The van der Waals surface area contributed by atoms with Gasteiger partial charge >= 0.3 is 0 Å². The maximum Gasteiger partial charge on any atom is 0.0734 e. The van der Waals surface area contributed by atoms with Crippen molar-refractivity contribution in [1.82, 2.24) is 4.98 Å². The smallest absolute Gasteiger partial charge is 0.0734 e. The number of pyridine rings is 1. The zero-order chi connectivity index (χ0) is 9.80. The highest BCUT2D eigenvalue weighted by molar-refractivity contribution is 5.81. The van der Waals surface area contributed by atoms with E-state index in [2.05, 4.69) is 22.0 Å². The van der Waals surface area contributed by atoms with Crippen LogP contribution in [0.5, 0.6) is 0 Å². The van der Waals surface area contributed by atoms with Gasteiger partial charge in [-0.15, -0.1) is 0 Å². The van der Waals surface area contributed by atoms with Gasteiger partial charge in [-0.25, -0.2) is 5.90 Å². The van der Waals surface area contributed by atoms with E-state index in [0.29, 0.717) is 6.61 Å². The fraction of sp³-hybridized carbons (Fsp3) is 0.182. The summed E-state index contributed by atoms with van der Waals surface area (Å²) in [6.07, 6.45) is 2.60. The van der Waals surface area contributed by atoms with E-state index in [-0.39, 0.29) is 0 Å². The largest absolute Gasteiger partial charge is 0.304 e. The zero-order valence-electron chi connectivity index (χ0n) is 7.81. The van der Waals surface area contributed by atoms with Gasteiger partial charge in [0.15, 0.2) is 0 Å². The second kappa shape index (κ2) is 4.17. The van der Waals surface area contributed by atoms with Gasteiger partial charge in [-0.1, -0.05) is 24.3 Å². The number of rotatable bonds is 3. The minimum absolute atomic E-state index is 0.523. The summed E-state index contributed by atoms with van der Waals surface area (Å²) in [6, 6.07) is 10.1. The van der Waals surface area contributed by atoms with Crippen molar-refractivity contribution in [3.8, 4) is 0 Å². The molecule has 72 valence electrons. The lowest BCUT2D eigenvalue weighted by Crippen LogP contribution is -2.04. The van der Waals surface area contributed by atoms with Gasteiger partial charge < -0.3 is 4.84 Å². The van der Waals surface area contributed by atoms with Crippen LogP contribution in [0.15, 0.2) is 36.5 Å². The van der Waals surface area contributed by atoms with Crippen LogP contribution in [0.3, 0.4) is 0 Å². The topological polar surface area (TPSA) is 48.1 Å². The third kappa shape index (κ3) is 1.73. The Morgan fingerprint density at radius 1 is 1.21 bits per heavy atom. The van der Waals surface area contributed by atoms with Crippen molar-refractivity contribution in [3.05, 3.63) is 42.1 Å². The number of hydrogen-bond acceptors (Lipinski definition) is 3. The molecular formula is C11H12N2O. The van der Waals surface area contributed by atoms with E-state index < -0.39 is 0 Å². The first-order valence-corrected chi connectivity index (χ1v) is 4.56. The average molecular weight is 188 g/mol. The summed E-state index contributed by atoms with van der Waals surface area (Å²) in [5.74, 6) is 5.00. The van der Waals surface area contributed by atoms with Gasteiger partial charge in [-0.2, -0.15) is 0 Å². The van der Waals surface area contributed by atoms with Crippen LogP contribution in [-0.4, -0.2) is 11.6 Å². The van der Waals surface area contributed by atoms with Crippen LogP contribution >= 0.6 is 0 Å². The SMILES string of the molecule is NOCCc1cccc2cccnc12. The minimum Gasteiger partial charge on any atom is -0.304 e. The third-order valence-corrected chi connectivity index (χ3v) is 2.21. The maximum atomic E-state index is 5.00. The average Bonchev–Trinajstić information content (AvgIpc) is 2.26. The number of benzene rings is 1. The van der Waals surface area contributed by atoms with Gasteiger partial charge in [0.05, 0.1) is 12.1 Å². The molecule has 0 saturated carbocycles. The highest BCUT2D eigenvalue weighted by atomic mass is 16.6. The highest BCUT2D eigenvalue weighted by Crippen LogP contribution is 2.15. The number of fused-ring (bicyclic) bond motifs is 1. The van der Waals surface area contributed by atoms with Crippen molar-refractivity contribution in [2.24, 2.45) is 5.90 Å².